The van der Waals surface area contributed by atoms with E-state index in [9.17, 15) is 14.4 Å². The topological polar surface area (TPSA) is 84.9 Å². The summed E-state index contributed by atoms with van der Waals surface area (Å²) in [5.74, 6) is -0.713. The Labute approximate surface area is 173 Å². The van der Waals surface area contributed by atoms with Gasteiger partial charge in [0.25, 0.3) is 11.8 Å². The van der Waals surface area contributed by atoms with E-state index in [0.717, 1.165) is 30.6 Å². The quantitative estimate of drug-likeness (QED) is 0.751. The highest BCUT2D eigenvalue weighted by atomic mass is 32.1. The second-order valence-corrected chi connectivity index (χ2v) is 7.78. The van der Waals surface area contributed by atoms with Crippen LogP contribution in [-0.4, -0.2) is 50.0 Å². The van der Waals surface area contributed by atoms with Crippen molar-refractivity contribution >= 4 is 34.1 Å². The summed E-state index contributed by atoms with van der Waals surface area (Å²) in [7, 11) is 2.76. The van der Waals surface area contributed by atoms with Gasteiger partial charge in [-0.15, -0.1) is 11.3 Å². The van der Waals surface area contributed by atoms with Crippen LogP contribution in [0.1, 0.15) is 55.2 Å². The van der Waals surface area contributed by atoms with Crippen LogP contribution in [0.25, 0.3) is 0 Å². The molecule has 1 aromatic carbocycles. The summed E-state index contributed by atoms with van der Waals surface area (Å²) >= 11 is 1.10. The molecule has 0 saturated carbocycles. The van der Waals surface area contributed by atoms with E-state index < -0.39 is 11.9 Å². The molecule has 0 aliphatic carbocycles. The van der Waals surface area contributed by atoms with E-state index in [1.807, 2.05) is 0 Å². The summed E-state index contributed by atoms with van der Waals surface area (Å²) in [6, 6.07) is 6.80. The Bertz CT molecular complexity index is 931. The number of esters is 1. The van der Waals surface area contributed by atoms with Gasteiger partial charge in [0.05, 0.1) is 30.2 Å². The predicted octanol–water partition coefficient (Wildman–Crippen LogP) is 3.73. The number of hydrogen-bond acceptors (Lipinski definition) is 6. The zero-order chi connectivity index (χ0) is 21.0. The van der Waals surface area contributed by atoms with Crippen molar-refractivity contribution in [1.29, 1.82) is 0 Å². The summed E-state index contributed by atoms with van der Waals surface area (Å²) < 4.78 is 10.1. The Kier molecular flexibility index (Phi) is 6.53. The minimum Gasteiger partial charge on any atom is -0.496 e. The molecular formula is C21H24N2O5S. The maximum Gasteiger partial charge on any atom is 0.341 e. The number of thiophene rings is 1. The van der Waals surface area contributed by atoms with Crippen LogP contribution in [0.4, 0.5) is 5.00 Å². The molecular weight excluding hydrogens is 392 g/mol. The fourth-order valence-electron chi connectivity index (χ4n) is 3.40. The van der Waals surface area contributed by atoms with Gasteiger partial charge in [0, 0.05) is 13.1 Å². The third-order valence-corrected chi connectivity index (χ3v) is 6.15. The molecule has 7 nitrogen and oxygen atoms in total. The number of ether oxygens (including phenoxy) is 2. The molecule has 1 aliphatic rings. The lowest BCUT2D eigenvalue weighted by atomic mass is 10.1. The number of para-hydroxylation sites is 1. The van der Waals surface area contributed by atoms with E-state index in [1.54, 1.807) is 36.1 Å². The van der Waals surface area contributed by atoms with Crippen LogP contribution in [0, 0.1) is 6.92 Å². The molecule has 2 amide bonds. The van der Waals surface area contributed by atoms with Crippen molar-refractivity contribution in [3.63, 3.8) is 0 Å². The van der Waals surface area contributed by atoms with Gasteiger partial charge in [-0.2, -0.15) is 0 Å². The molecule has 1 saturated heterocycles. The molecule has 0 spiro atoms. The van der Waals surface area contributed by atoms with Crippen LogP contribution in [0.5, 0.6) is 5.75 Å². The molecule has 2 heterocycles. The van der Waals surface area contributed by atoms with Gasteiger partial charge in [0.1, 0.15) is 10.8 Å². The van der Waals surface area contributed by atoms with Crippen molar-refractivity contribution in [2.75, 3.05) is 32.6 Å². The summed E-state index contributed by atoms with van der Waals surface area (Å²) in [4.78, 5) is 40.5. The smallest absolute Gasteiger partial charge is 0.341 e. The first-order valence-corrected chi connectivity index (χ1v) is 10.2. The average Bonchev–Trinajstić information content (AvgIpc) is 3.08. The number of nitrogens with one attached hydrogen (secondary N) is 1. The van der Waals surface area contributed by atoms with Gasteiger partial charge in [-0.05, 0) is 43.9 Å². The number of carbonyl (C=O) groups is 3. The first kappa shape index (κ1) is 20.9. The normalized spacial score (nSPS) is 13.7. The molecule has 1 fully saturated rings. The molecule has 0 radical (unpaired) electrons. The van der Waals surface area contributed by atoms with Crippen LogP contribution >= 0.6 is 11.3 Å². The average molecular weight is 416 g/mol. The molecule has 1 aliphatic heterocycles. The Morgan fingerprint density at radius 1 is 1.07 bits per heavy atom. The lowest BCUT2D eigenvalue weighted by Gasteiger charge is -2.26. The van der Waals surface area contributed by atoms with Gasteiger partial charge in [-0.1, -0.05) is 12.1 Å². The van der Waals surface area contributed by atoms with Crippen molar-refractivity contribution in [3.05, 3.63) is 45.8 Å². The largest absolute Gasteiger partial charge is 0.496 e. The molecule has 2 aromatic rings. The number of anilines is 1. The molecule has 8 heteroatoms. The Balaban J connectivity index is 1.96. The minimum atomic E-state index is -0.591. The highest BCUT2D eigenvalue weighted by Gasteiger charge is 2.29. The summed E-state index contributed by atoms with van der Waals surface area (Å²) in [6.45, 7) is 3.11. The van der Waals surface area contributed by atoms with E-state index in [1.165, 1.54) is 14.2 Å². The predicted molar refractivity (Wildman–Crippen MR) is 111 cm³/mol. The maximum absolute atomic E-state index is 13.0. The first-order chi connectivity index (χ1) is 14.0. The van der Waals surface area contributed by atoms with Crippen LogP contribution in [-0.2, 0) is 4.74 Å². The Morgan fingerprint density at radius 2 is 1.76 bits per heavy atom. The number of piperidine rings is 1. The molecule has 154 valence electrons. The fourth-order valence-corrected chi connectivity index (χ4v) is 4.55. The Morgan fingerprint density at radius 3 is 2.41 bits per heavy atom. The fraction of sp³-hybridized carbons (Fsp3) is 0.381. The number of amides is 2. The molecule has 0 atom stereocenters. The number of nitrogens with zero attached hydrogens (tertiary/aromatic N) is 1. The van der Waals surface area contributed by atoms with Crippen molar-refractivity contribution in [2.45, 2.75) is 26.2 Å². The number of hydrogen-bond donors (Lipinski definition) is 1. The van der Waals surface area contributed by atoms with Gasteiger partial charge in [-0.25, -0.2) is 4.79 Å². The van der Waals surface area contributed by atoms with Gasteiger partial charge < -0.3 is 19.7 Å². The van der Waals surface area contributed by atoms with E-state index >= 15 is 0 Å². The number of benzene rings is 1. The molecule has 0 unspecified atom stereocenters. The van der Waals surface area contributed by atoms with Gasteiger partial charge in [0.15, 0.2) is 0 Å². The van der Waals surface area contributed by atoms with Crippen LogP contribution < -0.4 is 10.1 Å². The number of methoxy groups -OCH3 is 2. The lowest BCUT2D eigenvalue weighted by molar-refractivity contribution is 0.0601. The van der Waals surface area contributed by atoms with Crippen LogP contribution in [0.2, 0.25) is 0 Å². The maximum atomic E-state index is 13.0. The highest BCUT2D eigenvalue weighted by molar-refractivity contribution is 7.18. The van der Waals surface area contributed by atoms with E-state index in [2.05, 4.69) is 5.32 Å². The standard InChI is InChI=1S/C21H24N2O5S/c1-13-16(21(26)28-3)19(22-18(24)14-9-5-6-10-15(14)27-2)29-17(13)20(25)23-11-7-4-8-12-23/h5-6,9-10H,4,7-8,11-12H2,1-3H3,(H,22,24). The zero-order valence-electron chi connectivity index (χ0n) is 16.7. The first-order valence-electron chi connectivity index (χ1n) is 9.43. The van der Waals surface area contributed by atoms with Crippen LogP contribution in [0.3, 0.4) is 0 Å². The van der Waals surface area contributed by atoms with E-state index in [-0.39, 0.29) is 11.5 Å². The number of carbonyl (C=O) groups excluding carboxylic acids is 3. The van der Waals surface area contributed by atoms with Crippen molar-refractivity contribution in [2.24, 2.45) is 0 Å². The van der Waals surface area contributed by atoms with Gasteiger partial charge in [0.2, 0.25) is 0 Å². The third kappa shape index (κ3) is 4.27. The lowest BCUT2D eigenvalue weighted by Crippen LogP contribution is -2.35. The SMILES string of the molecule is COC(=O)c1c(NC(=O)c2ccccc2OC)sc(C(=O)N2CCCCC2)c1C. The Hall–Kier alpha value is -2.87. The van der Waals surface area contributed by atoms with Gasteiger partial charge in [-0.3, -0.25) is 9.59 Å². The summed E-state index contributed by atoms with van der Waals surface area (Å²) in [6.07, 6.45) is 3.05. The third-order valence-electron chi connectivity index (χ3n) is 4.95. The molecule has 0 bridgehead atoms. The zero-order valence-corrected chi connectivity index (χ0v) is 17.6. The second-order valence-electron chi connectivity index (χ2n) is 6.76. The highest BCUT2D eigenvalue weighted by Crippen LogP contribution is 2.35. The van der Waals surface area contributed by atoms with E-state index in [0.29, 0.717) is 39.8 Å². The molecule has 29 heavy (non-hydrogen) atoms. The molecule has 1 N–H and O–H groups in total. The minimum absolute atomic E-state index is 0.116. The second kappa shape index (κ2) is 9.09. The van der Waals surface area contributed by atoms with E-state index in [4.69, 9.17) is 9.47 Å². The molecule has 3 rings (SSSR count). The van der Waals surface area contributed by atoms with Crippen LogP contribution in [0.15, 0.2) is 24.3 Å². The van der Waals surface area contributed by atoms with Gasteiger partial charge >= 0.3 is 5.97 Å². The van der Waals surface area contributed by atoms with Crippen molar-refractivity contribution in [3.8, 4) is 5.75 Å². The van der Waals surface area contributed by atoms with Crippen molar-refractivity contribution < 1.29 is 23.9 Å². The molecule has 1 aromatic heterocycles. The number of likely N-dealkylation sites (tertiary alicyclic amines) is 1. The monoisotopic (exact) mass is 416 g/mol. The van der Waals surface area contributed by atoms with Crippen molar-refractivity contribution in [1.82, 2.24) is 4.90 Å². The number of rotatable bonds is 5. The summed E-state index contributed by atoms with van der Waals surface area (Å²) in [5.41, 5.74) is 1.06. The summed E-state index contributed by atoms with van der Waals surface area (Å²) in [5, 5.41) is 3.06.